The molecule has 1 saturated heterocycles. The lowest BCUT2D eigenvalue weighted by molar-refractivity contribution is -0.145. The van der Waals surface area contributed by atoms with E-state index in [9.17, 15) is 22.8 Å². The molecule has 0 aliphatic carbocycles. The van der Waals surface area contributed by atoms with Crippen molar-refractivity contribution in [3.63, 3.8) is 0 Å². The molecule has 24 heavy (non-hydrogen) atoms. The fourth-order valence-electron chi connectivity index (χ4n) is 2.65. The highest BCUT2D eigenvalue weighted by atomic mass is 19.4. The molecule has 2 rings (SSSR count). The van der Waals surface area contributed by atoms with Crippen LogP contribution in [0.1, 0.15) is 18.4 Å². The second-order valence-corrected chi connectivity index (χ2v) is 5.65. The Bertz CT molecular complexity index is 604. The number of carbonyl (C=O) groups excluding carboxylic acids is 2. The van der Waals surface area contributed by atoms with Crippen LogP contribution in [0.4, 0.5) is 13.2 Å². The van der Waals surface area contributed by atoms with Gasteiger partial charge in [0.15, 0.2) is 0 Å². The molecule has 1 atom stereocenters. The topological polar surface area (TPSA) is 58.6 Å². The minimum atomic E-state index is -4.45. The number of likely N-dealkylation sites (tertiary alicyclic amines) is 1. The SMILES string of the molecule is COc1ccccc1CN1C[C@H](C(=O)NCC(F)(F)F)CCC1=O. The maximum Gasteiger partial charge on any atom is 0.405 e. The summed E-state index contributed by atoms with van der Waals surface area (Å²) in [4.78, 5) is 25.4. The number of nitrogens with one attached hydrogen (secondary N) is 1. The number of piperidine rings is 1. The molecule has 0 saturated carbocycles. The number of nitrogens with zero attached hydrogens (tertiary/aromatic N) is 1. The number of para-hydroxylation sites is 1. The van der Waals surface area contributed by atoms with E-state index in [1.165, 1.54) is 12.0 Å². The summed E-state index contributed by atoms with van der Waals surface area (Å²) in [5, 5.41) is 1.89. The second kappa shape index (κ2) is 7.55. The van der Waals surface area contributed by atoms with E-state index in [1.54, 1.807) is 24.3 Å². The summed E-state index contributed by atoms with van der Waals surface area (Å²) in [6.45, 7) is -1.00. The van der Waals surface area contributed by atoms with E-state index in [-0.39, 0.29) is 31.8 Å². The molecule has 0 spiro atoms. The molecule has 0 radical (unpaired) electrons. The van der Waals surface area contributed by atoms with Crippen LogP contribution in [0.2, 0.25) is 0 Å². The third kappa shape index (κ3) is 4.87. The van der Waals surface area contributed by atoms with Crippen molar-refractivity contribution < 1.29 is 27.5 Å². The molecule has 1 aliphatic heterocycles. The Morgan fingerprint density at radius 3 is 2.75 bits per heavy atom. The van der Waals surface area contributed by atoms with Crippen molar-refractivity contribution >= 4 is 11.8 Å². The van der Waals surface area contributed by atoms with E-state index in [1.807, 2.05) is 5.32 Å². The van der Waals surface area contributed by atoms with E-state index >= 15 is 0 Å². The molecule has 1 fully saturated rings. The van der Waals surface area contributed by atoms with Crippen molar-refractivity contribution in [2.24, 2.45) is 5.92 Å². The molecular weight excluding hydrogens is 325 g/mol. The summed E-state index contributed by atoms with van der Waals surface area (Å²) in [6.07, 6.45) is -4.05. The number of alkyl halides is 3. The van der Waals surface area contributed by atoms with Gasteiger partial charge >= 0.3 is 6.18 Å². The number of carbonyl (C=O) groups is 2. The maximum absolute atomic E-state index is 12.2. The van der Waals surface area contributed by atoms with Gasteiger partial charge in [0.25, 0.3) is 0 Å². The first-order chi connectivity index (χ1) is 11.3. The summed E-state index contributed by atoms with van der Waals surface area (Å²) in [5.74, 6) is -0.820. The van der Waals surface area contributed by atoms with Gasteiger partial charge in [0.2, 0.25) is 11.8 Å². The normalized spacial score (nSPS) is 18.4. The lowest BCUT2D eigenvalue weighted by atomic mass is 9.96. The molecule has 1 heterocycles. The predicted octanol–water partition coefficient (Wildman–Crippen LogP) is 2.11. The highest BCUT2D eigenvalue weighted by Gasteiger charge is 2.33. The maximum atomic E-state index is 12.2. The second-order valence-electron chi connectivity index (χ2n) is 5.65. The molecule has 0 unspecified atom stereocenters. The number of amides is 2. The molecule has 0 bridgehead atoms. The summed E-state index contributed by atoms with van der Waals surface area (Å²) in [7, 11) is 1.52. The molecule has 5 nitrogen and oxygen atoms in total. The Kier molecular flexibility index (Phi) is 5.69. The lowest BCUT2D eigenvalue weighted by Gasteiger charge is -2.32. The molecule has 2 amide bonds. The van der Waals surface area contributed by atoms with Crippen LogP contribution in [0.15, 0.2) is 24.3 Å². The number of rotatable bonds is 5. The fourth-order valence-corrected chi connectivity index (χ4v) is 2.65. The van der Waals surface area contributed by atoms with Gasteiger partial charge < -0.3 is 15.0 Å². The molecule has 1 aromatic carbocycles. The summed E-state index contributed by atoms with van der Waals surface area (Å²) in [5.41, 5.74) is 0.782. The molecule has 132 valence electrons. The van der Waals surface area contributed by atoms with Gasteiger partial charge in [-0.25, -0.2) is 0 Å². The molecule has 0 aromatic heterocycles. The van der Waals surface area contributed by atoms with Crippen LogP contribution in [0, 0.1) is 5.92 Å². The average molecular weight is 344 g/mol. The first-order valence-electron chi connectivity index (χ1n) is 7.54. The van der Waals surface area contributed by atoms with Crippen molar-refractivity contribution in [1.29, 1.82) is 0 Å². The first-order valence-corrected chi connectivity index (χ1v) is 7.54. The average Bonchev–Trinajstić information content (AvgIpc) is 2.54. The van der Waals surface area contributed by atoms with E-state index in [4.69, 9.17) is 4.74 Å². The number of hydrogen-bond acceptors (Lipinski definition) is 3. The van der Waals surface area contributed by atoms with Crippen LogP contribution in [-0.2, 0) is 16.1 Å². The molecule has 8 heteroatoms. The number of methoxy groups -OCH3 is 1. The lowest BCUT2D eigenvalue weighted by Crippen LogP contribution is -2.46. The molecule has 1 N–H and O–H groups in total. The number of ether oxygens (including phenoxy) is 1. The number of halogens is 3. The van der Waals surface area contributed by atoms with Crippen LogP contribution in [0.5, 0.6) is 5.75 Å². The van der Waals surface area contributed by atoms with Crippen LogP contribution in [-0.4, -0.2) is 43.1 Å². The predicted molar refractivity (Wildman–Crippen MR) is 80.2 cm³/mol. The quantitative estimate of drug-likeness (QED) is 0.890. The van der Waals surface area contributed by atoms with Crippen LogP contribution in [0.25, 0.3) is 0 Å². The minimum Gasteiger partial charge on any atom is -0.496 e. The van der Waals surface area contributed by atoms with E-state index in [0.717, 1.165) is 5.56 Å². The first kappa shape index (κ1) is 18.1. The Morgan fingerprint density at radius 2 is 2.08 bits per heavy atom. The molecule has 1 aromatic rings. The van der Waals surface area contributed by atoms with Crippen molar-refractivity contribution in [1.82, 2.24) is 10.2 Å². The zero-order valence-corrected chi connectivity index (χ0v) is 13.2. The summed E-state index contributed by atoms with van der Waals surface area (Å²) in [6, 6.07) is 7.17. The van der Waals surface area contributed by atoms with Crippen molar-refractivity contribution in [2.45, 2.75) is 25.6 Å². The third-order valence-electron chi connectivity index (χ3n) is 3.89. The van der Waals surface area contributed by atoms with E-state index in [0.29, 0.717) is 5.75 Å². The fraction of sp³-hybridized carbons (Fsp3) is 0.500. The summed E-state index contributed by atoms with van der Waals surface area (Å²) >= 11 is 0. The van der Waals surface area contributed by atoms with E-state index in [2.05, 4.69) is 0 Å². The largest absolute Gasteiger partial charge is 0.496 e. The third-order valence-corrected chi connectivity index (χ3v) is 3.89. The minimum absolute atomic E-state index is 0.0978. The Labute approximate surface area is 137 Å². The van der Waals surface area contributed by atoms with Gasteiger partial charge in [0.05, 0.1) is 13.0 Å². The van der Waals surface area contributed by atoms with Gasteiger partial charge in [0, 0.05) is 25.1 Å². The van der Waals surface area contributed by atoms with Gasteiger partial charge in [-0.2, -0.15) is 13.2 Å². The number of hydrogen-bond donors (Lipinski definition) is 1. The Morgan fingerprint density at radius 1 is 1.38 bits per heavy atom. The molecular formula is C16H19F3N2O3. The van der Waals surface area contributed by atoms with Crippen molar-refractivity contribution in [3.05, 3.63) is 29.8 Å². The van der Waals surface area contributed by atoms with Crippen molar-refractivity contribution in [3.8, 4) is 5.75 Å². The van der Waals surface area contributed by atoms with Gasteiger partial charge in [-0.15, -0.1) is 0 Å². The number of benzene rings is 1. The van der Waals surface area contributed by atoms with Gasteiger partial charge in [-0.05, 0) is 12.5 Å². The molecule has 1 aliphatic rings. The van der Waals surface area contributed by atoms with Crippen LogP contribution >= 0.6 is 0 Å². The van der Waals surface area contributed by atoms with Gasteiger partial charge in [-0.1, -0.05) is 18.2 Å². The summed E-state index contributed by atoms with van der Waals surface area (Å²) < 4.78 is 41.8. The van der Waals surface area contributed by atoms with E-state index < -0.39 is 24.5 Å². The van der Waals surface area contributed by atoms with Gasteiger partial charge in [-0.3, -0.25) is 9.59 Å². The monoisotopic (exact) mass is 344 g/mol. The Hall–Kier alpha value is -2.25. The highest BCUT2D eigenvalue weighted by molar-refractivity contribution is 5.83. The highest BCUT2D eigenvalue weighted by Crippen LogP contribution is 2.24. The zero-order valence-electron chi connectivity index (χ0n) is 13.2. The van der Waals surface area contributed by atoms with Crippen LogP contribution < -0.4 is 10.1 Å². The van der Waals surface area contributed by atoms with Gasteiger partial charge in [0.1, 0.15) is 12.3 Å². The zero-order chi connectivity index (χ0) is 17.7. The van der Waals surface area contributed by atoms with Crippen molar-refractivity contribution in [2.75, 3.05) is 20.2 Å². The Balaban J connectivity index is 2.00. The smallest absolute Gasteiger partial charge is 0.405 e. The van der Waals surface area contributed by atoms with Crippen LogP contribution in [0.3, 0.4) is 0 Å². The standard InChI is InChI=1S/C16H19F3N2O3/c1-24-13-5-3-2-4-11(13)8-21-9-12(6-7-14(21)22)15(23)20-10-16(17,18)19/h2-5,12H,6-10H2,1H3,(H,20,23)/t12-/m1/s1.